The Morgan fingerprint density at radius 2 is 1.78 bits per heavy atom. The van der Waals surface area contributed by atoms with Crippen molar-refractivity contribution in [1.82, 2.24) is 4.90 Å². The van der Waals surface area contributed by atoms with Crippen LogP contribution < -0.4 is 5.32 Å². The van der Waals surface area contributed by atoms with Gasteiger partial charge in [-0.15, -0.1) is 0 Å². The van der Waals surface area contributed by atoms with Gasteiger partial charge in [0.2, 0.25) is 11.8 Å². The van der Waals surface area contributed by atoms with Gasteiger partial charge in [0.25, 0.3) is 0 Å². The summed E-state index contributed by atoms with van der Waals surface area (Å²) < 4.78 is 4.89. The highest BCUT2D eigenvalue weighted by Gasteiger charge is 2.14. The molecule has 0 radical (unpaired) electrons. The number of nitrogens with zero attached hydrogens (tertiary/aromatic N) is 1. The summed E-state index contributed by atoms with van der Waals surface area (Å²) in [4.78, 5) is 36.6. The highest BCUT2D eigenvalue weighted by Crippen LogP contribution is 2.11. The first-order valence-corrected chi connectivity index (χ1v) is 7.69. The Morgan fingerprint density at radius 3 is 2.26 bits per heavy atom. The molecule has 6 heteroatoms. The summed E-state index contributed by atoms with van der Waals surface area (Å²) in [6.07, 6.45) is 0.220. The summed E-state index contributed by atoms with van der Waals surface area (Å²) >= 11 is 0. The quantitative estimate of drug-likeness (QED) is 0.783. The molecule has 0 aromatic heterocycles. The van der Waals surface area contributed by atoms with Crippen molar-refractivity contribution >= 4 is 23.5 Å². The average molecular weight is 320 g/mol. The highest BCUT2D eigenvalue weighted by molar-refractivity contribution is 5.93. The minimum atomic E-state index is -0.389. The number of benzene rings is 1. The molecule has 1 N–H and O–H groups in total. The van der Waals surface area contributed by atoms with Crippen molar-refractivity contribution in [3.8, 4) is 0 Å². The van der Waals surface area contributed by atoms with E-state index in [9.17, 15) is 14.4 Å². The van der Waals surface area contributed by atoms with Gasteiger partial charge in [0.05, 0.1) is 12.2 Å². The van der Waals surface area contributed by atoms with Gasteiger partial charge in [-0.1, -0.05) is 0 Å². The molecule has 0 aliphatic heterocycles. The number of carbonyl (C=O) groups excluding carboxylic acids is 3. The molecule has 23 heavy (non-hydrogen) atoms. The molecule has 1 aromatic carbocycles. The zero-order valence-electron chi connectivity index (χ0n) is 14.1. The van der Waals surface area contributed by atoms with Gasteiger partial charge in [0.1, 0.15) is 0 Å². The third-order valence-electron chi connectivity index (χ3n) is 3.29. The summed E-state index contributed by atoms with van der Waals surface area (Å²) in [6.45, 7) is 7.75. The molecule has 0 bridgehead atoms. The molecule has 0 heterocycles. The molecule has 0 aliphatic carbocycles. The van der Waals surface area contributed by atoms with Crippen LogP contribution in [-0.4, -0.2) is 41.9 Å². The molecule has 1 rings (SSSR count). The van der Waals surface area contributed by atoms with E-state index < -0.39 is 0 Å². The maximum Gasteiger partial charge on any atom is 0.338 e. The Labute approximate surface area is 136 Å². The Kier molecular flexibility index (Phi) is 7.25. The SMILES string of the molecule is CCOC(=O)c1ccc(NC(=O)CCN(C(C)=O)C(C)C)cc1. The van der Waals surface area contributed by atoms with E-state index in [0.29, 0.717) is 24.4 Å². The first kappa shape index (κ1) is 18.7. The summed E-state index contributed by atoms with van der Waals surface area (Å²) in [6, 6.07) is 6.56. The van der Waals surface area contributed by atoms with Gasteiger partial charge in [0.15, 0.2) is 0 Å². The fourth-order valence-corrected chi connectivity index (χ4v) is 2.13. The smallest absolute Gasteiger partial charge is 0.338 e. The minimum Gasteiger partial charge on any atom is -0.462 e. The first-order chi connectivity index (χ1) is 10.8. The minimum absolute atomic E-state index is 0.0495. The lowest BCUT2D eigenvalue weighted by Crippen LogP contribution is -2.37. The van der Waals surface area contributed by atoms with Crippen molar-refractivity contribution in [3.05, 3.63) is 29.8 Å². The average Bonchev–Trinajstić information content (AvgIpc) is 2.47. The lowest BCUT2D eigenvalue weighted by Gasteiger charge is -2.24. The first-order valence-electron chi connectivity index (χ1n) is 7.69. The van der Waals surface area contributed by atoms with Crippen molar-refractivity contribution in [1.29, 1.82) is 0 Å². The van der Waals surface area contributed by atoms with Crippen LogP contribution in [0.15, 0.2) is 24.3 Å². The van der Waals surface area contributed by atoms with Gasteiger partial charge in [-0.05, 0) is 45.0 Å². The maximum absolute atomic E-state index is 11.9. The molecular formula is C17H24N2O4. The molecule has 0 saturated carbocycles. The van der Waals surface area contributed by atoms with E-state index in [4.69, 9.17) is 4.74 Å². The second-order valence-corrected chi connectivity index (χ2v) is 5.40. The molecular weight excluding hydrogens is 296 g/mol. The van der Waals surface area contributed by atoms with Crippen LogP contribution in [0.5, 0.6) is 0 Å². The van der Waals surface area contributed by atoms with Crippen LogP contribution in [0.3, 0.4) is 0 Å². The summed E-state index contributed by atoms with van der Waals surface area (Å²) in [5.74, 6) is -0.619. The van der Waals surface area contributed by atoms with Crippen molar-refractivity contribution in [2.24, 2.45) is 0 Å². The summed E-state index contributed by atoms with van der Waals surface area (Å²) in [5.41, 5.74) is 1.04. The summed E-state index contributed by atoms with van der Waals surface area (Å²) in [7, 11) is 0. The third-order valence-corrected chi connectivity index (χ3v) is 3.29. The lowest BCUT2D eigenvalue weighted by molar-refractivity contribution is -0.130. The molecule has 0 unspecified atom stereocenters. The van der Waals surface area contributed by atoms with E-state index in [1.165, 1.54) is 6.92 Å². The number of rotatable bonds is 7. The largest absolute Gasteiger partial charge is 0.462 e. The van der Waals surface area contributed by atoms with Crippen LogP contribution in [-0.2, 0) is 14.3 Å². The van der Waals surface area contributed by atoms with Crippen molar-refractivity contribution < 1.29 is 19.1 Å². The number of nitrogens with one attached hydrogen (secondary N) is 1. The van der Waals surface area contributed by atoms with Crippen molar-refractivity contribution in [2.45, 2.75) is 40.2 Å². The number of ether oxygens (including phenoxy) is 1. The van der Waals surface area contributed by atoms with Crippen LogP contribution in [0.25, 0.3) is 0 Å². The van der Waals surface area contributed by atoms with Crippen LogP contribution in [0.2, 0.25) is 0 Å². The van der Waals surface area contributed by atoms with Gasteiger partial charge in [-0.25, -0.2) is 4.79 Å². The Morgan fingerprint density at radius 1 is 1.17 bits per heavy atom. The lowest BCUT2D eigenvalue weighted by atomic mass is 10.2. The van der Waals surface area contributed by atoms with Crippen molar-refractivity contribution in [2.75, 3.05) is 18.5 Å². The number of hydrogen-bond acceptors (Lipinski definition) is 4. The van der Waals surface area contributed by atoms with E-state index in [2.05, 4.69) is 5.32 Å². The van der Waals surface area contributed by atoms with Crippen molar-refractivity contribution in [3.63, 3.8) is 0 Å². The van der Waals surface area contributed by atoms with Gasteiger partial charge < -0.3 is 15.0 Å². The van der Waals surface area contributed by atoms with E-state index in [0.717, 1.165) is 0 Å². The number of carbonyl (C=O) groups is 3. The predicted molar refractivity (Wildman–Crippen MR) is 88.2 cm³/mol. The topological polar surface area (TPSA) is 75.7 Å². The number of esters is 1. The molecule has 2 amide bonds. The van der Waals surface area contributed by atoms with E-state index in [1.54, 1.807) is 36.1 Å². The highest BCUT2D eigenvalue weighted by atomic mass is 16.5. The van der Waals surface area contributed by atoms with Crippen LogP contribution >= 0.6 is 0 Å². The maximum atomic E-state index is 11.9. The van der Waals surface area contributed by atoms with Crippen LogP contribution in [0.1, 0.15) is 44.5 Å². The molecule has 126 valence electrons. The Hall–Kier alpha value is -2.37. The zero-order valence-corrected chi connectivity index (χ0v) is 14.1. The van der Waals surface area contributed by atoms with Crippen LogP contribution in [0.4, 0.5) is 5.69 Å². The fraction of sp³-hybridized carbons (Fsp3) is 0.471. The van der Waals surface area contributed by atoms with Gasteiger partial charge in [0, 0.05) is 31.6 Å². The van der Waals surface area contributed by atoms with Crippen LogP contribution in [0, 0.1) is 0 Å². The molecule has 0 saturated heterocycles. The fourth-order valence-electron chi connectivity index (χ4n) is 2.13. The molecule has 0 spiro atoms. The molecule has 1 aromatic rings. The summed E-state index contributed by atoms with van der Waals surface area (Å²) in [5, 5.41) is 2.74. The Bertz CT molecular complexity index is 552. The molecule has 0 atom stereocenters. The number of anilines is 1. The van der Waals surface area contributed by atoms with Gasteiger partial charge in [-0.3, -0.25) is 9.59 Å². The molecule has 0 fully saturated rings. The number of hydrogen-bond donors (Lipinski definition) is 1. The van der Waals surface area contributed by atoms with E-state index in [-0.39, 0.29) is 30.2 Å². The third kappa shape index (κ3) is 6.10. The predicted octanol–water partition coefficient (Wildman–Crippen LogP) is 2.45. The zero-order chi connectivity index (χ0) is 17.4. The molecule has 6 nitrogen and oxygen atoms in total. The second kappa shape index (κ2) is 8.92. The Balaban J connectivity index is 2.54. The second-order valence-electron chi connectivity index (χ2n) is 5.40. The normalized spacial score (nSPS) is 10.3. The van der Waals surface area contributed by atoms with Gasteiger partial charge >= 0.3 is 5.97 Å². The monoisotopic (exact) mass is 320 g/mol. The standard InChI is InChI=1S/C17H24N2O4/c1-5-23-17(22)14-6-8-15(9-7-14)18-16(21)10-11-19(12(2)3)13(4)20/h6-9,12H,5,10-11H2,1-4H3,(H,18,21). The van der Waals surface area contributed by atoms with E-state index in [1.807, 2.05) is 13.8 Å². The number of amides is 2. The van der Waals surface area contributed by atoms with E-state index >= 15 is 0 Å². The molecule has 0 aliphatic rings. The van der Waals surface area contributed by atoms with Gasteiger partial charge in [-0.2, -0.15) is 0 Å².